The molecule has 2 aliphatic heterocycles. The molecule has 2 aromatic rings. The molecule has 2 aromatic carbocycles. The van der Waals surface area contributed by atoms with Gasteiger partial charge in [0.15, 0.2) is 0 Å². The standard InChI is InChI=1S/C23H25NO2/c1-6-12-25-22-21-16(19-14(2)8-7-9-18(19)26-22)10-11-17-20(21)15(3)13-23(4,5)24-17/h6-11,13,22,24H,1,12H2,2-5H3. The number of hydrogen-bond donors (Lipinski definition) is 1. The van der Waals surface area contributed by atoms with Gasteiger partial charge in [-0.3, -0.25) is 0 Å². The van der Waals surface area contributed by atoms with Crippen LogP contribution in [0.3, 0.4) is 0 Å². The zero-order chi connectivity index (χ0) is 18.5. The fourth-order valence-corrected chi connectivity index (χ4v) is 4.14. The third-order valence-corrected chi connectivity index (χ3v) is 5.01. The number of hydrogen-bond acceptors (Lipinski definition) is 3. The number of aryl methyl sites for hydroxylation is 1. The van der Waals surface area contributed by atoms with Gasteiger partial charge in [-0.05, 0) is 56.5 Å². The summed E-state index contributed by atoms with van der Waals surface area (Å²) in [4.78, 5) is 0. The summed E-state index contributed by atoms with van der Waals surface area (Å²) >= 11 is 0. The molecule has 0 saturated carbocycles. The van der Waals surface area contributed by atoms with Gasteiger partial charge in [-0.15, -0.1) is 6.58 Å². The second-order valence-electron chi connectivity index (χ2n) is 7.64. The summed E-state index contributed by atoms with van der Waals surface area (Å²) in [7, 11) is 0. The molecule has 0 bridgehead atoms. The Kier molecular flexibility index (Phi) is 3.92. The second kappa shape index (κ2) is 6.03. The molecule has 3 heteroatoms. The number of ether oxygens (including phenoxy) is 2. The van der Waals surface area contributed by atoms with Crippen molar-refractivity contribution < 1.29 is 9.47 Å². The molecule has 0 saturated heterocycles. The Bertz CT molecular complexity index is 924. The summed E-state index contributed by atoms with van der Waals surface area (Å²) in [5.74, 6) is 0.872. The highest BCUT2D eigenvalue weighted by Gasteiger charge is 2.34. The number of allylic oxidation sites excluding steroid dienone is 1. The fourth-order valence-electron chi connectivity index (χ4n) is 4.14. The van der Waals surface area contributed by atoms with Gasteiger partial charge >= 0.3 is 0 Å². The van der Waals surface area contributed by atoms with E-state index in [9.17, 15) is 0 Å². The maximum Gasteiger partial charge on any atom is 0.228 e. The van der Waals surface area contributed by atoms with Gasteiger partial charge in [0.05, 0.1) is 12.1 Å². The maximum absolute atomic E-state index is 6.28. The molecule has 134 valence electrons. The minimum Gasteiger partial charge on any atom is -0.460 e. The number of anilines is 1. The Hall–Kier alpha value is -2.52. The summed E-state index contributed by atoms with van der Waals surface area (Å²) in [5.41, 5.74) is 8.12. The average Bonchev–Trinajstić information content (AvgIpc) is 2.58. The maximum atomic E-state index is 6.28. The summed E-state index contributed by atoms with van der Waals surface area (Å²) in [6, 6.07) is 10.5. The molecule has 1 unspecified atom stereocenters. The number of rotatable bonds is 3. The van der Waals surface area contributed by atoms with Crippen LogP contribution < -0.4 is 10.1 Å². The third-order valence-electron chi connectivity index (χ3n) is 5.01. The fraction of sp³-hybridized carbons (Fsp3) is 0.304. The van der Waals surface area contributed by atoms with Crippen LogP contribution in [0.5, 0.6) is 5.75 Å². The van der Waals surface area contributed by atoms with Crippen molar-refractivity contribution in [1.82, 2.24) is 0 Å². The van der Waals surface area contributed by atoms with Gasteiger partial charge in [0, 0.05) is 22.4 Å². The molecule has 0 spiro atoms. The van der Waals surface area contributed by atoms with Crippen molar-refractivity contribution >= 4 is 11.3 Å². The van der Waals surface area contributed by atoms with E-state index in [-0.39, 0.29) is 5.54 Å². The molecule has 1 N–H and O–H groups in total. The highest BCUT2D eigenvalue weighted by atomic mass is 16.7. The quantitative estimate of drug-likeness (QED) is 0.705. The second-order valence-corrected chi connectivity index (χ2v) is 7.64. The van der Waals surface area contributed by atoms with E-state index < -0.39 is 6.29 Å². The SMILES string of the molecule is C=CCOC1Oc2cccc(C)c2-c2ccc3c(c21)C(C)=CC(C)(C)N3. The van der Waals surface area contributed by atoms with Crippen molar-refractivity contribution in [3.8, 4) is 16.9 Å². The molecule has 0 radical (unpaired) electrons. The molecule has 0 amide bonds. The first-order valence-corrected chi connectivity index (χ1v) is 9.05. The zero-order valence-corrected chi connectivity index (χ0v) is 15.8. The van der Waals surface area contributed by atoms with Gasteiger partial charge in [-0.25, -0.2) is 0 Å². The summed E-state index contributed by atoms with van der Waals surface area (Å²) in [5, 5.41) is 3.62. The summed E-state index contributed by atoms with van der Waals surface area (Å²) < 4.78 is 12.3. The molecule has 0 fully saturated rings. The van der Waals surface area contributed by atoms with Crippen molar-refractivity contribution in [3.63, 3.8) is 0 Å². The number of benzene rings is 2. The van der Waals surface area contributed by atoms with Gasteiger partial charge in [-0.2, -0.15) is 0 Å². The van der Waals surface area contributed by atoms with E-state index in [1.165, 1.54) is 22.3 Å². The summed E-state index contributed by atoms with van der Waals surface area (Å²) in [6.07, 6.45) is 3.58. The molecule has 2 heterocycles. The smallest absolute Gasteiger partial charge is 0.228 e. The monoisotopic (exact) mass is 347 g/mol. The lowest BCUT2D eigenvalue weighted by atomic mass is 9.83. The third kappa shape index (κ3) is 2.63. The lowest BCUT2D eigenvalue weighted by Gasteiger charge is -2.37. The van der Waals surface area contributed by atoms with Crippen LogP contribution in [-0.4, -0.2) is 12.1 Å². The van der Waals surface area contributed by atoms with E-state index in [0.29, 0.717) is 6.61 Å². The Morgan fingerprint density at radius 1 is 1.19 bits per heavy atom. The van der Waals surface area contributed by atoms with E-state index in [1.54, 1.807) is 6.08 Å². The molecular weight excluding hydrogens is 322 g/mol. The molecule has 2 aliphatic rings. The molecular formula is C23H25NO2. The van der Waals surface area contributed by atoms with Crippen LogP contribution in [0.4, 0.5) is 5.69 Å². The van der Waals surface area contributed by atoms with Crippen molar-refractivity contribution in [2.45, 2.75) is 39.5 Å². The normalized spacial score (nSPS) is 19.2. The van der Waals surface area contributed by atoms with Crippen LogP contribution in [0, 0.1) is 6.92 Å². The van der Waals surface area contributed by atoms with Crippen LogP contribution in [0.2, 0.25) is 0 Å². The van der Waals surface area contributed by atoms with Crippen LogP contribution in [-0.2, 0) is 4.74 Å². The van der Waals surface area contributed by atoms with Crippen LogP contribution in [0.25, 0.3) is 16.7 Å². The molecule has 0 aliphatic carbocycles. The number of fused-ring (bicyclic) bond motifs is 5. The van der Waals surface area contributed by atoms with E-state index in [4.69, 9.17) is 9.47 Å². The molecule has 3 nitrogen and oxygen atoms in total. The van der Waals surface area contributed by atoms with Crippen LogP contribution >= 0.6 is 0 Å². The lowest BCUT2D eigenvalue weighted by Crippen LogP contribution is -2.32. The van der Waals surface area contributed by atoms with Gasteiger partial charge in [0.2, 0.25) is 6.29 Å². The Labute approximate surface area is 155 Å². The Morgan fingerprint density at radius 2 is 2.00 bits per heavy atom. The Morgan fingerprint density at radius 3 is 2.77 bits per heavy atom. The van der Waals surface area contributed by atoms with Gasteiger partial charge < -0.3 is 14.8 Å². The van der Waals surface area contributed by atoms with E-state index in [0.717, 1.165) is 22.6 Å². The van der Waals surface area contributed by atoms with Crippen LogP contribution in [0.15, 0.2) is 49.1 Å². The van der Waals surface area contributed by atoms with Crippen LogP contribution in [0.1, 0.15) is 43.8 Å². The first-order valence-electron chi connectivity index (χ1n) is 9.05. The highest BCUT2D eigenvalue weighted by molar-refractivity contribution is 5.90. The van der Waals surface area contributed by atoms with E-state index in [2.05, 4.69) is 63.9 Å². The van der Waals surface area contributed by atoms with Gasteiger partial charge in [0.25, 0.3) is 0 Å². The highest BCUT2D eigenvalue weighted by Crippen LogP contribution is 2.50. The predicted octanol–water partition coefficient (Wildman–Crippen LogP) is 5.86. The topological polar surface area (TPSA) is 30.5 Å². The van der Waals surface area contributed by atoms with Crippen molar-refractivity contribution in [1.29, 1.82) is 0 Å². The average molecular weight is 347 g/mol. The molecule has 26 heavy (non-hydrogen) atoms. The zero-order valence-electron chi connectivity index (χ0n) is 15.8. The number of nitrogens with one attached hydrogen (secondary N) is 1. The van der Waals surface area contributed by atoms with E-state index >= 15 is 0 Å². The minimum atomic E-state index is -0.446. The lowest BCUT2D eigenvalue weighted by molar-refractivity contribution is -0.0739. The molecule has 0 aromatic heterocycles. The largest absolute Gasteiger partial charge is 0.460 e. The van der Waals surface area contributed by atoms with E-state index in [1.807, 2.05) is 12.1 Å². The first kappa shape index (κ1) is 16.9. The summed E-state index contributed by atoms with van der Waals surface area (Å²) in [6.45, 7) is 12.9. The van der Waals surface area contributed by atoms with Crippen molar-refractivity contribution in [2.24, 2.45) is 0 Å². The molecule has 1 atom stereocenters. The van der Waals surface area contributed by atoms with Crippen molar-refractivity contribution in [2.75, 3.05) is 11.9 Å². The Balaban J connectivity index is 1.98. The predicted molar refractivity (Wildman–Crippen MR) is 107 cm³/mol. The molecule has 4 rings (SSSR count). The van der Waals surface area contributed by atoms with Gasteiger partial charge in [0.1, 0.15) is 5.75 Å². The van der Waals surface area contributed by atoms with Gasteiger partial charge in [-0.1, -0.05) is 30.4 Å². The van der Waals surface area contributed by atoms with Crippen molar-refractivity contribution in [3.05, 3.63) is 65.8 Å². The minimum absolute atomic E-state index is 0.0772. The first-order chi connectivity index (χ1) is 12.4.